The Bertz CT molecular complexity index is 646. The van der Waals surface area contributed by atoms with E-state index in [4.69, 9.17) is 4.74 Å². The average Bonchev–Trinajstić information content (AvgIpc) is 2.97. The van der Waals surface area contributed by atoms with Gasteiger partial charge in [-0.15, -0.1) is 0 Å². The topological polar surface area (TPSA) is 78.9 Å². The van der Waals surface area contributed by atoms with Gasteiger partial charge in [0.1, 0.15) is 29.7 Å². The molecular formula is C18H24F2N2O4. The summed E-state index contributed by atoms with van der Waals surface area (Å²) in [4.78, 5) is 26.1. The van der Waals surface area contributed by atoms with Gasteiger partial charge in [-0.1, -0.05) is 12.1 Å². The molecule has 1 heterocycles. The van der Waals surface area contributed by atoms with Crippen LogP contribution in [0.25, 0.3) is 0 Å². The molecule has 8 heteroatoms. The number of hydrogen-bond donors (Lipinski definition) is 2. The molecule has 1 saturated heterocycles. The summed E-state index contributed by atoms with van der Waals surface area (Å²) in [6, 6.07) is 3.54. The van der Waals surface area contributed by atoms with E-state index in [0.29, 0.717) is 0 Å². The largest absolute Gasteiger partial charge is 0.444 e. The maximum absolute atomic E-state index is 13.4. The number of aliphatic hydroxyl groups is 1. The van der Waals surface area contributed by atoms with Crippen LogP contribution < -0.4 is 5.32 Å². The lowest BCUT2D eigenvalue weighted by atomic mass is 10.0. The summed E-state index contributed by atoms with van der Waals surface area (Å²) in [5, 5.41) is 12.9. The molecule has 26 heavy (non-hydrogen) atoms. The minimum Gasteiger partial charge on any atom is -0.444 e. The SMILES string of the molecule is CC(C)(C)OC(=O)NC(C(=O)N1CCC(F)C1)C(O)c1ccc(F)cc1. The van der Waals surface area contributed by atoms with Gasteiger partial charge in [0.25, 0.3) is 0 Å². The van der Waals surface area contributed by atoms with Crippen LogP contribution in [0.3, 0.4) is 0 Å². The van der Waals surface area contributed by atoms with Crippen molar-refractivity contribution < 1.29 is 28.2 Å². The second-order valence-electron chi connectivity index (χ2n) is 7.29. The lowest BCUT2D eigenvalue weighted by Gasteiger charge is -2.29. The van der Waals surface area contributed by atoms with Crippen molar-refractivity contribution in [3.8, 4) is 0 Å². The molecule has 0 saturated carbocycles. The van der Waals surface area contributed by atoms with Gasteiger partial charge in [-0.3, -0.25) is 4.79 Å². The third-order valence-electron chi connectivity index (χ3n) is 3.91. The van der Waals surface area contributed by atoms with Crippen LogP contribution in [0.2, 0.25) is 0 Å². The molecule has 1 aromatic carbocycles. The normalized spacial score (nSPS) is 19.8. The van der Waals surface area contributed by atoms with Crippen molar-refractivity contribution in [2.75, 3.05) is 13.1 Å². The Hall–Kier alpha value is -2.22. The fourth-order valence-corrected chi connectivity index (χ4v) is 2.68. The van der Waals surface area contributed by atoms with E-state index in [-0.39, 0.29) is 25.1 Å². The van der Waals surface area contributed by atoms with Crippen LogP contribution in [-0.4, -0.2) is 52.9 Å². The molecule has 0 aliphatic carbocycles. The zero-order valence-corrected chi connectivity index (χ0v) is 15.0. The Labute approximate surface area is 151 Å². The molecule has 1 aliphatic rings. The highest BCUT2D eigenvalue weighted by atomic mass is 19.1. The fraction of sp³-hybridized carbons (Fsp3) is 0.556. The number of likely N-dealkylation sites (tertiary alicyclic amines) is 1. The first-order valence-corrected chi connectivity index (χ1v) is 8.43. The molecule has 1 aromatic rings. The number of nitrogens with zero attached hydrogens (tertiary/aromatic N) is 1. The number of carbonyl (C=O) groups excluding carboxylic acids is 2. The number of ether oxygens (including phenoxy) is 1. The number of hydrogen-bond acceptors (Lipinski definition) is 4. The van der Waals surface area contributed by atoms with Crippen molar-refractivity contribution in [2.24, 2.45) is 0 Å². The van der Waals surface area contributed by atoms with E-state index in [9.17, 15) is 23.5 Å². The molecule has 3 unspecified atom stereocenters. The molecule has 2 N–H and O–H groups in total. The predicted octanol–water partition coefficient (Wildman–Crippen LogP) is 2.32. The van der Waals surface area contributed by atoms with E-state index in [1.807, 2.05) is 0 Å². The molecule has 3 atom stereocenters. The molecule has 2 rings (SSSR count). The minimum atomic E-state index is -1.44. The lowest BCUT2D eigenvalue weighted by Crippen LogP contribution is -2.52. The number of alkyl halides is 1. The maximum atomic E-state index is 13.4. The Kier molecular flexibility index (Phi) is 6.17. The summed E-state index contributed by atoms with van der Waals surface area (Å²) in [5.41, 5.74) is -0.548. The summed E-state index contributed by atoms with van der Waals surface area (Å²) >= 11 is 0. The van der Waals surface area contributed by atoms with E-state index in [0.717, 1.165) is 12.1 Å². The zero-order valence-electron chi connectivity index (χ0n) is 15.0. The molecule has 1 aliphatic heterocycles. The number of amides is 2. The molecule has 0 bridgehead atoms. The van der Waals surface area contributed by atoms with Gasteiger partial charge < -0.3 is 20.1 Å². The zero-order chi connectivity index (χ0) is 19.5. The lowest BCUT2D eigenvalue weighted by molar-refractivity contribution is -0.135. The second kappa shape index (κ2) is 7.99. The van der Waals surface area contributed by atoms with Crippen LogP contribution in [0.15, 0.2) is 24.3 Å². The molecule has 0 radical (unpaired) electrons. The molecular weight excluding hydrogens is 346 g/mol. The number of aliphatic hydroxyl groups excluding tert-OH is 1. The Morgan fingerprint density at radius 3 is 2.42 bits per heavy atom. The van der Waals surface area contributed by atoms with Crippen molar-refractivity contribution in [1.82, 2.24) is 10.2 Å². The first kappa shape index (κ1) is 20.1. The van der Waals surface area contributed by atoms with Gasteiger partial charge >= 0.3 is 6.09 Å². The van der Waals surface area contributed by atoms with E-state index in [1.54, 1.807) is 20.8 Å². The van der Waals surface area contributed by atoms with Gasteiger partial charge in [0.2, 0.25) is 5.91 Å². The first-order chi connectivity index (χ1) is 12.1. The van der Waals surface area contributed by atoms with Crippen LogP contribution >= 0.6 is 0 Å². The van der Waals surface area contributed by atoms with Crippen molar-refractivity contribution in [3.05, 3.63) is 35.6 Å². The summed E-state index contributed by atoms with van der Waals surface area (Å²) in [6.45, 7) is 5.08. The van der Waals surface area contributed by atoms with Crippen molar-refractivity contribution in [3.63, 3.8) is 0 Å². The highest BCUT2D eigenvalue weighted by molar-refractivity contribution is 5.86. The van der Waals surface area contributed by atoms with Crippen LogP contribution in [-0.2, 0) is 9.53 Å². The van der Waals surface area contributed by atoms with Gasteiger partial charge in [-0.25, -0.2) is 13.6 Å². The monoisotopic (exact) mass is 370 g/mol. The highest BCUT2D eigenvalue weighted by Crippen LogP contribution is 2.22. The quantitative estimate of drug-likeness (QED) is 0.853. The van der Waals surface area contributed by atoms with E-state index < -0.39 is 41.7 Å². The summed E-state index contributed by atoms with van der Waals surface area (Å²) in [6.07, 6.45) is -3.25. The van der Waals surface area contributed by atoms with E-state index in [2.05, 4.69) is 5.32 Å². The Morgan fingerprint density at radius 1 is 1.31 bits per heavy atom. The number of rotatable bonds is 4. The summed E-state index contributed by atoms with van der Waals surface area (Å²) < 4.78 is 31.7. The first-order valence-electron chi connectivity index (χ1n) is 8.43. The van der Waals surface area contributed by atoms with Crippen molar-refractivity contribution in [2.45, 2.75) is 51.1 Å². The van der Waals surface area contributed by atoms with Gasteiger partial charge in [0.05, 0.1) is 6.54 Å². The number of benzene rings is 1. The molecule has 1 fully saturated rings. The minimum absolute atomic E-state index is 0.0958. The van der Waals surface area contributed by atoms with Gasteiger partial charge in [-0.05, 0) is 44.9 Å². The molecule has 0 spiro atoms. The fourth-order valence-electron chi connectivity index (χ4n) is 2.68. The molecule has 0 aromatic heterocycles. The van der Waals surface area contributed by atoms with Crippen LogP contribution in [0, 0.1) is 5.82 Å². The van der Waals surface area contributed by atoms with E-state index in [1.165, 1.54) is 17.0 Å². The van der Waals surface area contributed by atoms with Crippen LogP contribution in [0.1, 0.15) is 38.9 Å². The Morgan fingerprint density at radius 2 is 1.92 bits per heavy atom. The predicted molar refractivity (Wildman–Crippen MR) is 90.6 cm³/mol. The third-order valence-corrected chi connectivity index (χ3v) is 3.91. The third kappa shape index (κ3) is 5.39. The summed E-state index contributed by atoms with van der Waals surface area (Å²) in [7, 11) is 0. The van der Waals surface area contributed by atoms with Gasteiger partial charge in [0.15, 0.2) is 0 Å². The smallest absolute Gasteiger partial charge is 0.408 e. The standard InChI is InChI=1S/C18H24F2N2O4/c1-18(2,3)26-17(25)21-14(16(24)22-9-8-13(20)10-22)15(23)11-4-6-12(19)7-5-11/h4-7,13-15,23H,8-10H2,1-3H3,(H,21,25). The number of halogens is 2. The van der Waals surface area contributed by atoms with Crippen molar-refractivity contribution >= 4 is 12.0 Å². The molecule has 6 nitrogen and oxygen atoms in total. The second-order valence-corrected chi connectivity index (χ2v) is 7.29. The molecule has 144 valence electrons. The van der Waals surface area contributed by atoms with E-state index >= 15 is 0 Å². The Balaban J connectivity index is 2.21. The number of alkyl carbamates (subject to hydrolysis) is 1. The van der Waals surface area contributed by atoms with Gasteiger partial charge in [0, 0.05) is 6.54 Å². The van der Waals surface area contributed by atoms with Gasteiger partial charge in [-0.2, -0.15) is 0 Å². The molecule has 2 amide bonds. The highest BCUT2D eigenvalue weighted by Gasteiger charge is 2.37. The average molecular weight is 370 g/mol. The van der Waals surface area contributed by atoms with Crippen LogP contribution in [0.4, 0.5) is 13.6 Å². The number of carbonyl (C=O) groups is 2. The van der Waals surface area contributed by atoms with Crippen molar-refractivity contribution in [1.29, 1.82) is 0 Å². The van der Waals surface area contributed by atoms with Crippen LogP contribution in [0.5, 0.6) is 0 Å². The summed E-state index contributed by atoms with van der Waals surface area (Å²) in [5.74, 6) is -1.11. The number of nitrogens with one attached hydrogen (secondary N) is 1. The maximum Gasteiger partial charge on any atom is 0.408 e.